The zero-order valence-electron chi connectivity index (χ0n) is 6.46. The molecule has 0 saturated carbocycles. The van der Waals surface area contributed by atoms with Crippen LogP contribution < -0.4 is 7.97 Å². The average Bonchev–Trinajstić information content (AvgIpc) is 1.88. The average molecular weight is 321 g/mol. The van der Waals surface area contributed by atoms with E-state index in [1.807, 2.05) is 0 Å². The van der Waals surface area contributed by atoms with Crippen molar-refractivity contribution in [2.24, 2.45) is 0 Å². The Morgan fingerprint density at radius 2 is 1.60 bits per heavy atom. The maximum absolute atomic E-state index is 2.21. The Hall–Kier alpha value is -0.0449. The van der Waals surface area contributed by atoms with Gasteiger partial charge in [0.2, 0.25) is 0 Å². The summed E-state index contributed by atoms with van der Waals surface area (Å²) in [5.41, 5.74) is 1.29. The van der Waals surface area contributed by atoms with Gasteiger partial charge in [0.05, 0.1) is 0 Å². The van der Waals surface area contributed by atoms with Gasteiger partial charge in [-0.2, -0.15) is 0 Å². The van der Waals surface area contributed by atoms with Gasteiger partial charge in [-0.1, -0.05) is 0 Å². The third-order valence-electron chi connectivity index (χ3n) is 1.45. The van der Waals surface area contributed by atoms with E-state index in [0.29, 0.717) is 0 Å². The van der Waals surface area contributed by atoms with Crippen LogP contribution in [0.25, 0.3) is 0 Å². The molecule has 1 aromatic rings. The van der Waals surface area contributed by atoms with Gasteiger partial charge < -0.3 is 0 Å². The summed E-state index contributed by atoms with van der Waals surface area (Å²) in [6.07, 6.45) is 0. The molecule has 0 N–H and O–H groups in total. The zero-order valence-corrected chi connectivity index (χ0v) is 12.0. The second-order valence-corrected chi connectivity index (χ2v) is 5.73. The Balaban J connectivity index is 2.89. The molecule has 0 spiro atoms. The Kier molecular flexibility index (Phi) is 2.72. The molecular weight excluding hydrogens is 311 g/mol. The van der Waals surface area contributed by atoms with Crippen molar-refractivity contribution >= 4 is 8.76 Å². The van der Waals surface area contributed by atoms with Crippen molar-refractivity contribution in [3.05, 3.63) is 24.3 Å². The Morgan fingerprint density at radius 3 is 2.00 bits per heavy atom. The van der Waals surface area contributed by atoms with Gasteiger partial charge in [-0.3, -0.25) is 0 Å². The third-order valence-corrected chi connectivity index (χ3v) is 3.29. The van der Waals surface area contributed by atoms with Crippen LogP contribution in [0.5, 0.6) is 0 Å². The van der Waals surface area contributed by atoms with Crippen LogP contribution in [0, 0.1) is 0 Å². The maximum atomic E-state index is 2.21. The van der Waals surface area contributed by atoms with E-state index in [1.165, 1.54) is 8.76 Å². The van der Waals surface area contributed by atoms with E-state index < -0.39 is 0 Å². The standard InChI is InChI=1S/C8H10N.Hg/c1-9(2)8-6-4-3-5-7-8;/h4-7H,1-2H3;/q;+1. The summed E-state index contributed by atoms with van der Waals surface area (Å²) in [4.78, 5) is 2.12. The van der Waals surface area contributed by atoms with E-state index in [-0.39, 0.29) is 0 Å². The van der Waals surface area contributed by atoms with Crippen LogP contribution in [-0.2, 0) is 26.1 Å². The van der Waals surface area contributed by atoms with Crippen LogP contribution in [0.1, 0.15) is 0 Å². The summed E-state index contributed by atoms with van der Waals surface area (Å²) in [5.74, 6) is 0. The molecule has 2 heteroatoms. The predicted molar refractivity (Wildman–Crippen MR) is 40.4 cm³/mol. The monoisotopic (exact) mass is 322 g/mol. The summed E-state index contributed by atoms with van der Waals surface area (Å²) >= 11 is 0.770. The van der Waals surface area contributed by atoms with Gasteiger partial charge in [-0.15, -0.1) is 0 Å². The van der Waals surface area contributed by atoms with Crippen LogP contribution in [0.15, 0.2) is 24.3 Å². The first-order valence-corrected chi connectivity index (χ1v) is 6.04. The molecule has 48 valence electrons. The molecule has 0 fully saturated rings. The molecule has 1 aromatic carbocycles. The van der Waals surface area contributed by atoms with Gasteiger partial charge in [0.25, 0.3) is 0 Å². The van der Waals surface area contributed by atoms with Gasteiger partial charge in [0.1, 0.15) is 0 Å². The number of hydrogen-bond donors (Lipinski definition) is 0. The molecule has 0 radical (unpaired) electrons. The van der Waals surface area contributed by atoms with Crippen LogP contribution in [0.2, 0.25) is 0 Å². The van der Waals surface area contributed by atoms with Crippen molar-refractivity contribution in [2.75, 3.05) is 19.0 Å². The normalized spacial score (nSPS) is 9.60. The fraction of sp³-hybridized carbons (Fsp3) is 0.250. The second kappa shape index (κ2) is 3.38. The van der Waals surface area contributed by atoms with Crippen molar-refractivity contribution < 1.29 is 26.1 Å². The van der Waals surface area contributed by atoms with Gasteiger partial charge in [0.15, 0.2) is 0 Å². The summed E-state index contributed by atoms with van der Waals surface area (Å²) in [6, 6.07) is 8.75. The number of anilines is 1. The van der Waals surface area contributed by atoms with Crippen molar-refractivity contribution in [2.45, 2.75) is 0 Å². The molecular formula is C8H10HgN+. The van der Waals surface area contributed by atoms with Crippen LogP contribution >= 0.6 is 0 Å². The number of rotatable bonds is 1. The molecule has 0 heterocycles. The zero-order chi connectivity index (χ0) is 7.56. The van der Waals surface area contributed by atoms with E-state index in [0.717, 1.165) is 26.1 Å². The van der Waals surface area contributed by atoms with Crippen LogP contribution in [0.3, 0.4) is 0 Å². The summed E-state index contributed by atoms with van der Waals surface area (Å²) in [6.45, 7) is 0. The Labute approximate surface area is 78.0 Å². The van der Waals surface area contributed by atoms with Crippen LogP contribution in [-0.4, -0.2) is 14.1 Å². The molecule has 0 amide bonds. The second-order valence-electron chi connectivity index (χ2n) is 2.56. The molecule has 0 atom stereocenters. The fourth-order valence-corrected chi connectivity index (χ4v) is 1.71. The minimum atomic E-state index is 0.770. The first kappa shape index (κ1) is 8.06. The number of nitrogens with zero attached hydrogens (tertiary/aromatic N) is 1. The van der Waals surface area contributed by atoms with E-state index in [2.05, 4.69) is 43.3 Å². The van der Waals surface area contributed by atoms with Gasteiger partial charge >= 0.3 is 78.1 Å². The molecule has 1 rings (SSSR count). The van der Waals surface area contributed by atoms with E-state index in [4.69, 9.17) is 0 Å². The van der Waals surface area contributed by atoms with Gasteiger partial charge in [-0.05, 0) is 0 Å². The third kappa shape index (κ3) is 1.98. The predicted octanol–water partition coefficient (Wildman–Crippen LogP) is 0.925. The van der Waals surface area contributed by atoms with Gasteiger partial charge in [0, 0.05) is 0 Å². The first-order valence-electron chi connectivity index (χ1n) is 3.29. The van der Waals surface area contributed by atoms with E-state index >= 15 is 0 Å². The molecule has 0 aliphatic heterocycles. The molecule has 0 aliphatic carbocycles. The minimum absolute atomic E-state index is 0.770. The SMILES string of the molecule is CN(C)c1cc[c]([Hg+])cc1. The van der Waals surface area contributed by atoms with Crippen molar-refractivity contribution in [3.63, 3.8) is 0 Å². The molecule has 0 aromatic heterocycles. The van der Waals surface area contributed by atoms with Crippen LogP contribution in [0.4, 0.5) is 5.69 Å². The summed E-state index contributed by atoms with van der Waals surface area (Å²) < 4.78 is 1.51. The molecule has 10 heavy (non-hydrogen) atoms. The molecule has 0 bridgehead atoms. The van der Waals surface area contributed by atoms with Crippen molar-refractivity contribution in [1.82, 2.24) is 0 Å². The van der Waals surface area contributed by atoms with E-state index in [9.17, 15) is 0 Å². The quantitative estimate of drug-likeness (QED) is 0.696. The topological polar surface area (TPSA) is 3.24 Å². The summed E-state index contributed by atoms with van der Waals surface area (Å²) in [7, 11) is 4.12. The van der Waals surface area contributed by atoms with Gasteiger partial charge in [-0.25, -0.2) is 0 Å². The number of hydrogen-bond acceptors (Lipinski definition) is 1. The van der Waals surface area contributed by atoms with E-state index in [1.54, 1.807) is 0 Å². The number of benzene rings is 1. The van der Waals surface area contributed by atoms with Crippen molar-refractivity contribution in [3.8, 4) is 0 Å². The summed E-state index contributed by atoms with van der Waals surface area (Å²) in [5, 5.41) is 0. The molecule has 0 saturated heterocycles. The first-order chi connectivity index (χ1) is 4.70. The Morgan fingerprint density at radius 1 is 1.10 bits per heavy atom. The molecule has 1 nitrogen and oxygen atoms in total. The fourth-order valence-electron chi connectivity index (χ4n) is 0.794. The van der Waals surface area contributed by atoms with Crippen molar-refractivity contribution in [1.29, 1.82) is 0 Å². The molecule has 0 unspecified atom stereocenters. The molecule has 0 aliphatic rings. The Bertz CT molecular complexity index is 203.